The third kappa shape index (κ3) is 3.56. The zero-order valence-corrected chi connectivity index (χ0v) is 11.0. The van der Waals surface area contributed by atoms with Gasteiger partial charge in [0.1, 0.15) is 0 Å². The van der Waals surface area contributed by atoms with Crippen molar-refractivity contribution in [1.82, 2.24) is 14.7 Å². The van der Waals surface area contributed by atoms with Crippen LogP contribution in [0.3, 0.4) is 0 Å². The third-order valence-electron chi connectivity index (χ3n) is 3.04. The molecule has 1 amide bonds. The molecule has 0 fully saturated rings. The minimum atomic E-state index is -0.127. The van der Waals surface area contributed by atoms with Crippen LogP contribution >= 0.6 is 0 Å². The lowest BCUT2D eigenvalue weighted by atomic mass is 10.1. The topological polar surface area (TPSA) is 58.4 Å². The van der Waals surface area contributed by atoms with Crippen LogP contribution in [0.2, 0.25) is 0 Å². The van der Waals surface area contributed by atoms with Crippen molar-refractivity contribution >= 4 is 5.91 Å². The number of aliphatic hydroxyl groups is 1. The Morgan fingerprint density at radius 3 is 2.76 bits per heavy atom. The van der Waals surface area contributed by atoms with Crippen molar-refractivity contribution < 1.29 is 9.90 Å². The molecule has 5 nitrogen and oxygen atoms in total. The summed E-state index contributed by atoms with van der Waals surface area (Å²) in [5.41, 5.74) is 2.07. The highest BCUT2D eigenvalue weighted by molar-refractivity contribution is 5.76. The molecule has 5 heteroatoms. The number of aryl methyl sites for hydroxylation is 3. The predicted octanol–water partition coefficient (Wildman–Crippen LogP) is 0.500. The second-order valence-electron chi connectivity index (χ2n) is 4.45. The Labute approximate surface area is 102 Å². The summed E-state index contributed by atoms with van der Waals surface area (Å²) in [6, 6.07) is -0.127. The minimum absolute atomic E-state index is 0.00579. The fourth-order valence-corrected chi connectivity index (χ4v) is 1.68. The van der Waals surface area contributed by atoms with Crippen LogP contribution in [-0.4, -0.2) is 45.4 Å². The Kier molecular flexibility index (Phi) is 4.69. The van der Waals surface area contributed by atoms with Gasteiger partial charge in [0, 0.05) is 26.7 Å². The number of aliphatic hydroxyl groups excluding tert-OH is 1. The molecular weight excluding hydrogens is 218 g/mol. The van der Waals surface area contributed by atoms with Gasteiger partial charge < -0.3 is 10.0 Å². The van der Waals surface area contributed by atoms with Gasteiger partial charge in [0.25, 0.3) is 0 Å². The average Bonchev–Trinajstić information content (AvgIpc) is 2.62. The first-order chi connectivity index (χ1) is 7.95. The Morgan fingerprint density at radius 2 is 2.29 bits per heavy atom. The van der Waals surface area contributed by atoms with Gasteiger partial charge in [0.05, 0.1) is 18.3 Å². The average molecular weight is 239 g/mol. The monoisotopic (exact) mass is 239 g/mol. The Bertz CT molecular complexity index is 387. The molecule has 0 saturated heterocycles. The van der Waals surface area contributed by atoms with Crippen LogP contribution < -0.4 is 0 Å². The van der Waals surface area contributed by atoms with Crippen molar-refractivity contribution in [3.05, 3.63) is 17.5 Å². The van der Waals surface area contributed by atoms with E-state index in [4.69, 9.17) is 5.11 Å². The normalized spacial score (nSPS) is 12.5. The molecule has 0 saturated carbocycles. The summed E-state index contributed by atoms with van der Waals surface area (Å²) in [6.07, 6.45) is 3.09. The molecule has 0 aromatic carbocycles. The molecule has 0 radical (unpaired) electrons. The molecule has 1 rings (SSSR count). The van der Waals surface area contributed by atoms with E-state index < -0.39 is 0 Å². The van der Waals surface area contributed by atoms with Gasteiger partial charge in [-0.3, -0.25) is 9.48 Å². The number of hydrogen-bond donors (Lipinski definition) is 1. The van der Waals surface area contributed by atoms with Gasteiger partial charge in [-0.2, -0.15) is 5.10 Å². The molecule has 1 aromatic heterocycles. The van der Waals surface area contributed by atoms with Gasteiger partial charge in [-0.25, -0.2) is 0 Å². The standard InChI is InChI=1S/C12H21N3O2/c1-9(8-16)15(4)12(17)6-5-11-7-14(3)13-10(11)2/h7,9,16H,5-6,8H2,1-4H3. The lowest BCUT2D eigenvalue weighted by Crippen LogP contribution is -2.37. The lowest BCUT2D eigenvalue weighted by Gasteiger charge is -2.23. The third-order valence-corrected chi connectivity index (χ3v) is 3.04. The van der Waals surface area contributed by atoms with Crippen molar-refractivity contribution in [2.24, 2.45) is 7.05 Å². The van der Waals surface area contributed by atoms with Gasteiger partial charge in [0.15, 0.2) is 0 Å². The van der Waals surface area contributed by atoms with Crippen molar-refractivity contribution in [1.29, 1.82) is 0 Å². The van der Waals surface area contributed by atoms with Gasteiger partial charge in [-0.15, -0.1) is 0 Å². The number of amides is 1. The molecule has 1 N–H and O–H groups in total. The molecule has 96 valence electrons. The number of hydrogen-bond acceptors (Lipinski definition) is 3. The molecule has 0 aliphatic heterocycles. The summed E-state index contributed by atoms with van der Waals surface area (Å²) in [4.78, 5) is 13.4. The predicted molar refractivity (Wildman–Crippen MR) is 65.6 cm³/mol. The van der Waals surface area contributed by atoms with Gasteiger partial charge in [0.2, 0.25) is 5.91 Å². The maximum atomic E-state index is 11.8. The lowest BCUT2D eigenvalue weighted by molar-refractivity contribution is -0.132. The van der Waals surface area contributed by atoms with E-state index in [1.165, 1.54) is 0 Å². The quantitative estimate of drug-likeness (QED) is 0.814. The first kappa shape index (κ1) is 13.7. The fourth-order valence-electron chi connectivity index (χ4n) is 1.68. The van der Waals surface area contributed by atoms with Gasteiger partial charge in [-0.05, 0) is 25.8 Å². The molecule has 0 spiro atoms. The first-order valence-corrected chi connectivity index (χ1v) is 5.81. The van der Waals surface area contributed by atoms with Crippen LogP contribution in [0.5, 0.6) is 0 Å². The van der Waals surface area contributed by atoms with E-state index >= 15 is 0 Å². The SMILES string of the molecule is Cc1nn(C)cc1CCC(=O)N(C)C(C)CO. The zero-order valence-electron chi connectivity index (χ0n) is 11.0. The van der Waals surface area contributed by atoms with Crippen LogP contribution in [-0.2, 0) is 18.3 Å². The van der Waals surface area contributed by atoms with Crippen molar-refractivity contribution in [3.63, 3.8) is 0 Å². The Hall–Kier alpha value is -1.36. The smallest absolute Gasteiger partial charge is 0.222 e. The number of carbonyl (C=O) groups is 1. The summed E-state index contributed by atoms with van der Waals surface area (Å²) in [6.45, 7) is 3.77. The van der Waals surface area contributed by atoms with E-state index in [0.29, 0.717) is 12.8 Å². The maximum absolute atomic E-state index is 11.8. The Balaban J connectivity index is 2.51. The molecule has 1 heterocycles. The minimum Gasteiger partial charge on any atom is -0.394 e. The van der Waals surface area contributed by atoms with Crippen LogP contribution in [0.4, 0.5) is 0 Å². The Morgan fingerprint density at radius 1 is 1.65 bits per heavy atom. The summed E-state index contributed by atoms with van der Waals surface area (Å²) < 4.78 is 1.76. The molecule has 0 bridgehead atoms. The molecule has 1 atom stereocenters. The fraction of sp³-hybridized carbons (Fsp3) is 0.667. The molecule has 0 aliphatic rings. The highest BCUT2D eigenvalue weighted by Gasteiger charge is 2.15. The molecule has 1 aromatic rings. The largest absolute Gasteiger partial charge is 0.394 e. The van der Waals surface area contributed by atoms with Crippen molar-refractivity contribution in [3.8, 4) is 0 Å². The number of rotatable bonds is 5. The second-order valence-corrected chi connectivity index (χ2v) is 4.45. The van der Waals surface area contributed by atoms with Crippen LogP contribution in [0.25, 0.3) is 0 Å². The number of aromatic nitrogens is 2. The van der Waals surface area contributed by atoms with E-state index in [1.807, 2.05) is 27.1 Å². The molecule has 0 aliphatic carbocycles. The highest BCUT2D eigenvalue weighted by atomic mass is 16.3. The van der Waals surface area contributed by atoms with E-state index in [9.17, 15) is 4.79 Å². The molecule has 17 heavy (non-hydrogen) atoms. The second kappa shape index (κ2) is 5.82. The van der Waals surface area contributed by atoms with Crippen LogP contribution in [0.1, 0.15) is 24.6 Å². The summed E-state index contributed by atoms with van der Waals surface area (Å²) >= 11 is 0. The molecule has 1 unspecified atom stereocenters. The zero-order chi connectivity index (χ0) is 13.0. The van der Waals surface area contributed by atoms with Crippen molar-refractivity contribution in [2.45, 2.75) is 32.7 Å². The van der Waals surface area contributed by atoms with Crippen LogP contribution in [0, 0.1) is 6.92 Å². The number of carbonyl (C=O) groups excluding carboxylic acids is 1. The maximum Gasteiger partial charge on any atom is 0.222 e. The number of nitrogens with zero attached hydrogens (tertiary/aromatic N) is 3. The van der Waals surface area contributed by atoms with E-state index in [2.05, 4.69) is 5.10 Å². The van der Waals surface area contributed by atoms with E-state index in [0.717, 1.165) is 11.3 Å². The summed E-state index contributed by atoms with van der Waals surface area (Å²) in [5, 5.41) is 13.2. The summed E-state index contributed by atoms with van der Waals surface area (Å²) in [5.74, 6) is 0.0507. The highest BCUT2D eigenvalue weighted by Crippen LogP contribution is 2.09. The summed E-state index contributed by atoms with van der Waals surface area (Å²) in [7, 11) is 3.59. The van der Waals surface area contributed by atoms with Gasteiger partial charge in [-0.1, -0.05) is 0 Å². The van der Waals surface area contributed by atoms with E-state index in [-0.39, 0.29) is 18.6 Å². The van der Waals surface area contributed by atoms with Crippen molar-refractivity contribution in [2.75, 3.05) is 13.7 Å². The van der Waals surface area contributed by atoms with Gasteiger partial charge >= 0.3 is 0 Å². The molecular formula is C12H21N3O2. The number of likely N-dealkylation sites (N-methyl/N-ethyl adjacent to an activating group) is 1. The first-order valence-electron chi connectivity index (χ1n) is 5.81. The van der Waals surface area contributed by atoms with Crippen LogP contribution in [0.15, 0.2) is 6.20 Å². The van der Waals surface area contributed by atoms with E-state index in [1.54, 1.807) is 16.6 Å².